The Bertz CT molecular complexity index is 474. The van der Waals surface area contributed by atoms with Crippen molar-refractivity contribution >= 4 is 0 Å². The predicted octanol–water partition coefficient (Wildman–Crippen LogP) is 3.75. The quantitative estimate of drug-likeness (QED) is 0.798. The largest absolute Gasteiger partial charge is 0.494 e. The molecule has 0 unspecified atom stereocenters. The zero-order chi connectivity index (χ0) is 13.5. The summed E-state index contributed by atoms with van der Waals surface area (Å²) in [6.07, 6.45) is 1.61. The van der Waals surface area contributed by atoms with Crippen LogP contribution in [0.1, 0.15) is 30.6 Å². The summed E-state index contributed by atoms with van der Waals surface area (Å²) in [4.78, 5) is 0. The lowest BCUT2D eigenvalue weighted by molar-refractivity contribution is 0.199. The number of aryl methyl sites for hydroxylation is 1. The number of hydrogen-bond acceptors (Lipinski definition) is 2. The normalized spacial score (nSPS) is 12.1. The van der Waals surface area contributed by atoms with E-state index in [4.69, 9.17) is 4.74 Å². The van der Waals surface area contributed by atoms with Gasteiger partial charge in [-0.3, -0.25) is 0 Å². The maximum atomic E-state index is 9.41. The first-order valence-electron chi connectivity index (χ1n) is 6.70. The van der Waals surface area contributed by atoms with Gasteiger partial charge in [0, 0.05) is 0 Å². The fourth-order valence-electron chi connectivity index (χ4n) is 1.95. The van der Waals surface area contributed by atoms with Gasteiger partial charge < -0.3 is 9.84 Å². The Balaban J connectivity index is 1.74. The van der Waals surface area contributed by atoms with Crippen LogP contribution < -0.4 is 4.74 Å². The molecule has 0 aliphatic rings. The number of benzene rings is 2. The van der Waals surface area contributed by atoms with Crippen molar-refractivity contribution in [1.82, 2.24) is 0 Å². The van der Waals surface area contributed by atoms with Gasteiger partial charge in [-0.15, -0.1) is 0 Å². The Labute approximate surface area is 114 Å². The summed E-state index contributed by atoms with van der Waals surface area (Å²) in [7, 11) is 0. The van der Waals surface area contributed by atoms with E-state index in [1.165, 1.54) is 5.56 Å². The van der Waals surface area contributed by atoms with Crippen molar-refractivity contribution in [3.05, 3.63) is 65.7 Å². The van der Waals surface area contributed by atoms with Gasteiger partial charge in [0.2, 0.25) is 0 Å². The molecule has 0 amide bonds. The van der Waals surface area contributed by atoms with Crippen LogP contribution >= 0.6 is 0 Å². The molecule has 100 valence electrons. The van der Waals surface area contributed by atoms with Gasteiger partial charge in [-0.1, -0.05) is 42.5 Å². The number of aliphatic hydroxyl groups is 1. The van der Waals surface area contributed by atoms with Crippen LogP contribution in [0.2, 0.25) is 0 Å². The van der Waals surface area contributed by atoms with Crippen molar-refractivity contribution in [2.75, 3.05) is 6.61 Å². The van der Waals surface area contributed by atoms with Gasteiger partial charge in [0.15, 0.2) is 0 Å². The summed E-state index contributed by atoms with van der Waals surface area (Å²) in [6, 6.07) is 18.0. The van der Waals surface area contributed by atoms with Crippen LogP contribution in [-0.2, 0) is 6.42 Å². The van der Waals surface area contributed by atoms with E-state index in [2.05, 4.69) is 24.3 Å². The van der Waals surface area contributed by atoms with Crippen molar-refractivity contribution in [3.8, 4) is 5.75 Å². The molecule has 0 aliphatic heterocycles. The minimum atomic E-state index is -0.424. The van der Waals surface area contributed by atoms with Crippen molar-refractivity contribution in [2.45, 2.75) is 25.9 Å². The summed E-state index contributed by atoms with van der Waals surface area (Å²) in [5, 5.41) is 9.41. The smallest absolute Gasteiger partial charge is 0.119 e. The highest BCUT2D eigenvalue weighted by Gasteiger charge is 2.00. The summed E-state index contributed by atoms with van der Waals surface area (Å²) in [5.41, 5.74) is 2.26. The Morgan fingerprint density at radius 2 is 1.68 bits per heavy atom. The van der Waals surface area contributed by atoms with E-state index >= 15 is 0 Å². The van der Waals surface area contributed by atoms with E-state index in [9.17, 15) is 5.11 Å². The zero-order valence-electron chi connectivity index (χ0n) is 11.3. The van der Waals surface area contributed by atoms with Crippen LogP contribution in [0.3, 0.4) is 0 Å². The second-order valence-corrected chi connectivity index (χ2v) is 4.68. The molecular formula is C17H20O2. The van der Waals surface area contributed by atoms with Crippen LogP contribution in [0.4, 0.5) is 0 Å². The van der Waals surface area contributed by atoms with Gasteiger partial charge in [-0.05, 0) is 43.0 Å². The van der Waals surface area contributed by atoms with Gasteiger partial charge in [0.25, 0.3) is 0 Å². The predicted molar refractivity (Wildman–Crippen MR) is 77.3 cm³/mol. The molecule has 0 saturated carbocycles. The zero-order valence-corrected chi connectivity index (χ0v) is 11.3. The molecule has 19 heavy (non-hydrogen) atoms. The average molecular weight is 256 g/mol. The molecule has 0 fully saturated rings. The van der Waals surface area contributed by atoms with E-state index in [1.54, 1.807) is 6.92 Å². The van der Waals surface area contributed by atoms with Gasteiger partial charge in [-0.25, -0.2) is 0 Å². The van der Waals surface area contributed by atoms with Crippen molar-refractivity contribution in [3.63, 3.8) is 0 Å². The van der Waals surface area contributed by atoms with E-state index < -0.39 is 6.10 Å². The Hall–Kier alpha value is -1.80. The maximum Gasteiger partial charge on any atom is 0.119 e. The minimum Gasteiger partial charge on any atom is -0.494 e. The molecule has 0 saturated heterocycles. The van der Waals surface area contributed by atoms with Gasteiger partial charge in [0.1, 0.15) is 5.75 Å². The second kappa shape index (κ2) is 6.95. The number of ether oxygens (including phenoxy) is 1. The molecular weight excluding hydrogens is 236 g/mol. The molecule has 2 aromatic carbocycles. The Morgan fingerprint density at radius 1 is 1.00 bits per heavy atom. The number of rotatable bonds is 6. The molecule has 2 aromatic rings. The van der Waals surface area contributed by atoms with E-state index in [1.807, 2.05) is 30.3 Å². The first-order chi connectivity index (χ1) is 9.25. The van der Waals surface area contributed by atoms with Crippen LogP contribution in [0.15, 0.2) is 54.6 Å². The number of aliphatic hydroxyl groups excluding tert-OH is 1. The fourth-order valence-corrected chi connectivity index (χ4v) is 1.95. The molecule has 2 heteroatoms. The maximum absolute atomic E-state index is 9.41. The first kappa shape index (κ1) is 13.6. The van der Waals surface area contributed by atoms with Crippen molar-refractivity contribution < 1.29 is 9.84 Å². The summed E-state index contributed by atoms with van der Waals surface area (Å²) >= 11 is 0. The highest BCUT2D eigenvalue weighted by molar-refractivity contribution is 5.28. The molecule has 2 rings (SSSR count). The molecule has 1 N–H and O–H groups in total. The van der Waals surface area contributed by atoms with E-state index in [0.717, 1.165) is 24.2 Å². The van der Waals surface area contributed by atoms with E-state index in [0.29, 0.717) is 6.61 Å². The van der Waals surface area contributed by atoms with Crippen LogP contribution in [-0.4, -0.2) is 11.7 Å². The SMILES string of the molecule is C[C@H](O)c1ccc(OCCCc2ccccc2)cc1. The van der Waals surface area contributed by atoms with Gasteiger partial charge in [-0.2, -0.15) is 0 Å². The van der Waals surface area contributed by atoms with Crippen LogP contribution in [0.5, 0.6) is 5.75 Å². The third-order valence-corrected chi connectivity index (χ3v) is 3.08. The average Bonchev–Trinajstić information content (AvgIpc) is 2.45. The number of hydrogen-bond donors (Lipinski definition) is 1. The highest BCUT2D eigenvalue weighted by atomic mass is 16.5. The lowest BCUT2D eigenvalue weighted by Crippen LogP contribution is -1.99. The molecule has 0 radical (unpaired) electrons. The monoisotopic (exact) mass is 256 g/mol. The Kier molecular flexibility index (Phi) is 4.99. The highest BCUT2D eigenvalue weighted by Crippen LogP contribution is 2.17. The van der Waals surface area contributed by atoms with Crippen molar-refractivity contribution in [1.29, 1.82) is 0 Å². The van der Waals surface area contributed by atoms with Gasteiger partial charge >= 0.3 is 0 Å². The molecule has 0 bridgehead atoms. The fraction of sp³-hybridized carbons (Fsp3) is 0.294. The standard InChI is InChI=1S/C17H20O2/c1-14(18)16-9-11-17(12-10-16)19-13-5-8-15-6-3-2-4-7-15/h2-4,6-7,9-12,14,18H,5,8,13H2,1H3/t14-/m0/s1. The minimum absolute atomic E-state index is 0.424. The topological polar surface area (TPSA) is 29.5 Å². The lowest BCUT2D eigenvalue weighted by atomic mass is 10.1. The third-order valence-electron chi connectivity index (χ3n) is 3.08. The van der Waals surface area contributed by atoms with Crippen LogP contribution in [0, 0.1) is 0 Å². The van der Waals surface area contributed by atoms with Crippen LogP contribution in [0.25, 0.3) is 0 Å². The summed E-state index contributed by atoms with van der Waals surface area (Å²) < 4.78 is 5.68. The van der Waals surface area contributed by atoms with Crippen molar-refractivity contribution in [2.24, 2.45) is 0 Å². The Morgan fingerprint density at radius 3 is 2.32 bits per heavy atom. The molecule has 0 aliphatic carbocycles. The molecule has 0 aromatic heterocycles. The molecule has 0 heterocycles. The third kappa shape index (κ3) is 4.42. The van der Waals surface area contributed by atoms with E-state index in [-0.39, 0.29) is 0 Å². The summed E-state index contributed by atoms with van der Waals surface area (Å²) in [5.74, 6) is 0.859. The molecule has 1 atom stereocenters. The molecule has 2 nitrogen and oxygen atoms in total. The second-order valence-electron chi connectivity index (χ2n) is 4.68. The first-order valence-corrected chi connectivity index (χ1v) is 6.70. The molecule has 0 spiro atoms. The lowest BCUT2D eigenvalue weighted by Gasteiger charge is -2.08. The summed E-state index contributed by atoms with van der Waals surface area (Å²) in [6.45, 7) is 2.47. The van der Waals surface area contributed by atoms with Gasteiger partial charge in [0.05, 0.1) is 12.7 Å².